The van der Waals surface area contributed by atoms with Crippen molar-refractivity contribution in [1.29, 1.82) is 5.26 Å². The summed E-state index contributed by atoms with van der Waals surface area (Å²) < 4.78 is 51.5. The van der Waals surface area contributed by atoms with Gasteiger partial charge in [0.25, 0.3) is 0 Å². The van der Waals surface area contributed by atoms with Gasteiger partial charge < -0.3 is 0 Å². The summed E-state index contributed by atoms with van der Waals surface area (Å²) >= 11 is 0. The summed E-state index contributed by atoms with van der Waals surface area (Å²) in [7, 11) is -3.82. The molecule has 4 nitrogen and oxygen atoms in total. The SMILES string of the molecule is N#CC1CCN(S(=O)(=O)c2ccc(F)c(F)c2)CC1. The number of halogens is 2. The highest BCUT2D eigenvalue weighted by molar-refractivity contribution is 7.89. The highest BCUT2D eigenvalue weighted by Crippen LogP contribution is 2.24. The number of hydrogen-bond acceptors (Lipinski definition) is 3. The molecule has 0 aromatic heterocycles. The highest BCUT2D eigenvalue weighted by Gasteiger charge is 2.29. The Kier molecular flexibility index (Phi) is 3.83. The summed E-state index contributed by atoms with van der Waals surface area (Å²) in [6.07, 6.45) is 0.915. The quantitative estimate of drug-likeness (QED) is 0.834. The Morgan fingerprint density at radius 3 is 2.37 bits per heavy atom. The molecule has 1 fully saturated rings. The normalized spacial score (nSPS) is 18.2. The van der Waals surface area contributed by atoms with Crippen molar-refractivity contribution in [3.05, 3.63) is 29.8 Å². The van der Waals surface area contributed by atoms with E-state index in [4.69, 9.17) is 5.26 Å². The zero-order valence-electron chi connectivity index (χ0n) is 10.0. The lowest BCUT2D eigenvalue weighted by molar-refractivity contribution is 0.309. The van der Waals surface area contributed by atoms with E-state index in [1.807, 2.05) is 0 Å². The Morgan fingerprint density at radius 1 is 1.21 bits per heavy atom. The summed E-state index contributed by atoms with van der Waals surface area (Å²) in [5.41, 5.74) is 0. The maximum atomic E-state index is 13.1. The third-order valence-electron chi connectivity index (χ3n) is 3.17. The van der Waals surface area contributed by atoms with Gasteiger partial charge in [-0.05, 0) is 31.0 Å². The van der Waals surface area contributed by atoms with Crippen LogP contribution in [0.5, 0.6) is 0 Å². The number of sulfonamides is 1. The molecule has 102 valence electrons. The van der Waals surface area contributed by atoms with Crippen molar-refractivity contribution >= 4 is 10.0 Å². The molecule has 0 N–H and O–H groups in total. The van der Waals surface area contributed by atoms with Crippen LogP contribution >= 0.6 is 0 Å². The lowest BCUT2D eigenvalue weighted by atomic mass is 10.0. The molecule has 1 aliphatic rings. The van der Waals surface area contributed by atoms with Gasteiger partial charge in [-0.15, -0.1) is 0 Å². The molecule has 19 heavy (non-hydrogen) atoms. The van der Waals surface area contributed by atoms with E-state index in [1.54, 1.807) is 0 Å². The summed E-state index contributed by atoms with van der Waals surface area (Å²) in [5.74, 6) is -2.41. The van der Waals surface area contributed by atoms with Gasteiger partial charge in [0.2, 0.25) is 10.0 Å². The monoisotopic (exact) mass is 286 g/mol. The molecule has 2 rings (SSSR count). The van der Waals surface area contributed by atoms with Gasteiger partial charge >= 0.3 is 0 Å². The molecule has 0 unspecified atom stereocenters. The van der Waals surface area contributed by atoms with Crippen molar-refractivity contribution in [3.8, 4) is 6.07 Å². The molecule has 0 radical (unpaired) electrons. The number of nitriles is 1. The third kappa shape index (κ3) is 2.74. The molecule has 1 saturated heterocycles. The second-order valence-corrected chi connectivity index (χ2v) is 6.32. The first-order valence-electron chi connectivity index (χ1n) is 5.80. The van der Waals surface area contributed by atoms with Crippen LogP contribution < -0.4 is 0 Å². The molecule has 0 bridgehead atoms. The average Bonchev–Trinajstić information content (AvgIpc) is 2.41. The Balaban J connectivity index is 2.23. The predicted molar refractivity (Wildman–Crippen MR) is 63.5 cm³/mol. The Labute approximate surface area is 110 Å². The number of nitrogens with zero attached hydrogens (tertiary/aromatic N) is 2. The van der Waals surface area contributed by atoms with E-state index in [9.17, 15) is 17.2 Å². The molecule has 0 atom stereocenters. The third-order valence-corrected chi connectivity index (χ3v) is 5.06. The largest absolute Gasteiger partial charge is 0.243 e. The van der Waals surface area contributed by atoms with E-state index in [2.05, 4.69) is 6.07 Å². The van der Waals surface area contributed by atoms with E-state index in [-0.39, 0.29) is 23.9 Å². The van der Waals surface area contributed by atoms with E-state index in [1.165, 1.54) is 4.31 Å². The van der Waals surface area contributed by atoms with Crippen molar-refractivity contribution in [2.45, 2.75) is 17.7 Å². The molecule has 0 aliphatic carbocycles. The zero-order chi connectivity index (χ0) is 14.0. The molecule has 1 heterocycles. The Bertz CT molecular complexity index is 617. The number of rotatable bonds is 2. The van der Waals surface area contributed by atoms with Crippen molar-refractivity contribution in [1.82, 2.24) is 4.31 Å². The maximum absolute atomic E-state index is 13.1. The standard InChI is InChI=1S/C12H12F2N2O2S/c13-11-2-1-10(7-12(11)14)19(17,18)16-5-3-9(8-15)4-6-16/h1-2,7,9H,3-6H2. The first-order valence-corrected chi connectivity index (χ1v) is 7.24. The summed E-state index contributed by atoms with van der Waals surface area (Å²) in [6.45, 7) is 0.444. The predicted octanol–water partition coefficient (Wildman–Crippen LogP) is 1.89. The summed E-state index contributed by atoms with van der Waals surface area (Å²) in [4.78, 5) is -0.262. The molecule has 0 saturated carbocycles. The number of benzene rings is 1. The van der Waals surface area contributed by atoms with Gasteiger partial charge in [-0.3, -0.25) is 0 Å². The van der Waals surface area contributed by atoms with Gasteiger partial charge in [0.05, 0.1) is 11.0 Å². The lowest BCUT2D eigenvalue weighted by Crippen LogP contribution is -2.38. The zero-order valence-corrected chi connectivity index (χ0v) is 10.8. The number of piperidine rings is 1. The second-order valence-electron chi connectivity index (χ2n) is 4.38. The summed E-state index contributed by atoms with van der Waals surface area (Å²) in [6, 6.07) is 4.62. The van der Waals surface area contributed by atoms with E-state index >= 15 is 0 Å². The minimum atomic E-state index is -3.82. The molecule has 1 aromatic carbocycles. The fraction of sp³-hybridized carbons (Fsp3) is 0.417. The van der Waals surface area contributed by atoms with Crippen molar-refractivity contribution in [2.75, 3.05) is 13.1 Å². The maximum Gasteiger partial charge on any atom is 0.243 e. The van der Waals surface area contributed by atoms with Crippen LogP contribution in [0.15, 0.2) is 23.1 Å². The van der Waals surface area contributed by atoms with Crippen LogP contribution in [0.25, 0.3) is 0 Å². The Hall–Kier alpha value is -1.52. The lowest BCUT2D eigenvalue weighted by Gasteiger charge is -2.28. The first-order chi connectivity index (χ1) is 8.95. The van der Waals surface area contributed by atoms with Crippen molar-refractivity contribution < 1.29 is 17.2 Å². The molecule has 1 aromatic rings. The van der Waals surface area contributed by atoms with Crippen LogP contribution in [0.4, 0.5) is 8.78 Å². The van der Waals surface area contributed by atoms with Gasteiger partial charge in [-0.1, -0.05) is 0 Å². The summed E-state index contributed by atoms with van der Waals surface area (Å²) in [5, 5.41) is 8.75. The molecule has 0 spiro atoms. The minimum Gasteiger partial charge on any atom is -0.207 e. The molecule has 0 amide bonds. The van der Waals surface area contributed by atoms with Crippen LogP contribution in [-0.2, 0) is 10.0 Å². The van der Waals surface area contributed by atoms with Crippen LogP contribution in [-0.4, -0.2) is 25.8 Å². The highest BCUT2D eigenvalue weighted by atomic mass is 32.2. The second kappa shape index (κ2) is 5.23. The minimum absolute atomic E-state index is 0.142. The van der Waals surface area contributed by atoms with Crippen LogP contribution in [0.1, 0.15) is 12.8 Å². The molecular formula is C12H12F2N2O2S. The number of hydrogen-bond donors (Lipinski definition) is 0. The van der Waals surface area contributed by atoms with Crippen LogP contribution in [0.3, 0.4) is 0 Å². The van der Waals surface area contributed by atoms with Crippen molar-refractivity contribution in [2.24, 2.45) is 5.92 Å². The van der Waals surface area contributed by atoms with Gasteiger partial charge in [0.15, 0.2) is 11.6 Å². The molecule has 1 aliphatic heterocycles. The smallest absolute Gasteiger partial charge is 0.207 e. The van der Waals surface area contributed by atoms with Crippen LogP contribution in [0.2, 0.25) is 0 Å². The molecule has 7 heteroatoms. The van der Waals surface area contributed by atoms with Gasteiger partial charge in [-0.25, -0.2) is 17.2 Å². The fourth-order valence-corrected chi connectivity index (χ4v) is 3.49. The molecular weight excluding hydrogens is 274 g/mol. The van der Waals surface area contributed by atoms with Crippen LogP contribution in [0, 0.1) is 28.9 Å². The Morgan fingerprint density at radius 2 is 1.84 bits per heavy atom. The first kappa shape index (κ1) is 13.9. The van der Waals surface area contributed by atoms with Gasteiger partial charge in [0.1, 0.15) is 0 Å². The van der Waals surface area contributed by atoms with Gasteiger partial charge in [-0.2, -0.15) is 9.57 Å². The topological polar surface area (TPSA) is 61.2 Å². The van der Waals surface area contributed by atoms with E-state index < -0.39 is 21.7 Å². The van der Waals surface area contributed by atoms with Crippen molar-refractivity contribution in [3.63, 3.8) is 0 Å². The van der Waals surface area contributed by atoms with E-state index in [0.717, 1.165) is 12.1 Å². The average molecular weight is 286 g/mol. The fourth-order valence-electron chi connectivity index (χ4n) is 2.01. The van der Waals surface area contributed by atoms with E-state index in [0.29, 0.717) is 18.9 Å². The van der Waals surface area contributed by atoms with Gasteiger partial charge in [0, 0.05) is 19.0 Å².